The summed E-state index contributed by atoms with van der Waals surface area (Å²) in [4.78, 5) is 10.9. The van der Waals surface area contributed by atoms with E-state index >= 15 is 0 Å². The average Bonchev–Trinajstić information content (AvgIpc) is 2.84. The Morgan fingerprint density at radius 2 is 2.17 bits per heavy atom. The van der Waals surface area contributed by atoms with E-state index in [1.54, 1.807) is 0 Å². The van der Waals surface area contributed by atoms with Crippen molar-refractivity contribution in [2.45, 2.75) is 32.4 Å². The summed E-state index contributed by atoms with van der Waals surface area (Å²) >= 11 is 6.13. The lowest BCUT2D eigenvalue weighted by molar-refractivity contribution is -0.0371. The number of likely N-dealkylation sites (N-methyl/N-ethyl adjacent to an activating group) is 1. The summed E-state index contributed by atoms with van der Waals surface area (Å²) in [5.41, 5.74) is 1.62. The molecule has 7 nitrogen and oxygen atoms in total. The SMILES string of the molecule is Cc1nn(C2CCCCO2)c2nc(Cl)nc(NCCN(C)C)c12. The molecule has 0 amide bonds. The van der Waals surface area contributed by atoms with E-state index in [1.807, 2.05) is 25.7 Å². The van der Waals surface area contributed by atoms with Gasteiger partial charge in [-0.05, 0) is 51.9 Å². The van der Waals surface area contributed by atoms with Crippen LogP contribution in [0.2, 0.25) is 5.28 Å². The summed E-state index contributed by atoms with van der Waals surface area (Å²) in [6, 6.07) is 0. The van der Waals surface area contributed by atoms with E-state index in [0.717, 1.165) is 61.5 Å². The predicted octanol–water partition coefficient (Wildman–Crippen LogP) is 2.46. The van der Waals surface area contributed by atoms with Gasteiger partial charge in [-0.15, -0.1) is 0 Å². The van der Waals surface area contributed by atoms with Gasteiger partial charge in [0.2, 0.25) is 5.28 Å². The summed E-state index contributed by atoms with van der Waals surface area (Å²) in [6.07, 6.45) is 3.11. The minimum absolute atomic E-state index is 0.0689. The number of fused-ring (bicyclic) bond motifs is 1. The van der Waals surface area contributed by atoms with Crippen LogP contribution in [0.1, 0.15) is 31.2 Å². The van der Waals surface area contributed by atoms with Gasteiger partial charge in [-0.1, -0.05) is 0 Å². The molecule has 1 N–H and O–H groups in total. The molecule has 0 bridgehead atoms. The molecule has 126 valence electrons. The Hall–Kier alpha value is -1.44. The smallest absolute Gasteiger partial charge is 0.226 e. The van der Waals surface area contributed by atoms with Crippen LogP contribution in [-0.4, -0.2) is 58.4 Å². The number of anilines is 1. The monoisotopic (exact) mass is 338 g/mol. The van der Waals surface area contributed by atoms with Gasteiger partial charge < -0.3 is 15.0 Å². The van der Waals surface area contributed by atoms with E-state index in [-0.39, 0.29) is 11.5 Å². The van der Waals surface area contributed by atoms with Crippen molar-refractivity contribution in [3.05, 3.63) is 11.0 Å². The Labute approximate surface area is 141 Å². The van der Waals surface area contributed by atoms with Gasteiger partial charge in [-0.3, -0.25) is 0 Å². The molecule has 0 spiro atoms. The van der Waals surface area contributed by atoms with E-state index in [0.29, 0.717) is 0 Å². The second-order valence-corrected chi connectivity index (χ2v) is 6.46. The van der Waals surface area contributed by atoms with Gasteiger partial charge in [0.15, 0.2) is 11.9 Å². The van der Waals surface area contributed by atoms with E-state index in [4.69, 9.17) is 16.3 Å². The molecule has 23 heavy (non-hydrogen) atoms. The molecule has 0 radical (unpaired) electrons. The molecule has 1 aliphatic heterocycles. The Morgan fingerprint density at radius 1 is 1.35 bits per heavy atom. The van der Waals surface area contributed by atoms with E-state index in [9.17, 15) is 0 Å². The second-order valence-electron chi connectivity index (χ2n) is 6.12. The highest BCUT2D eigenvalue weighted by Gasteiger charge is 2.23. The van der Waals surface area contributed by atoms with Crippen LogP contribution in [0.3, 0.4) is 0 Å². The minimum Gasteiger partial charge on any atom is -0.368 e. The lowest BCUT2D eigenvalue weighted by Crippen LogP contribution is -2.21. The first-order valence-corrected chi connectivity index (χ1v) is 8.36. The molecule has 0 saturated carbocycles. The lowest BCUT2D eigenvalue weighted by Gasteiger charge is -2.23. The molecule has 2 aromatic rings. The number of nitrogens with one attached hydrogen (secondary N) is 1. The third kappa shape index (κ3) is 3.57. The third-order valence-corrected chi connectivity index (χ3v) is 4.15. The van der Waals surface area contributed by atoms with Crippen LogP contribution in [0, 0.1) is 6.92 Å². The molecular formula is C15H23ClN6O. The highest BCUT2D eigenvalue weighted by Crippen LogP contribution is 2.30. The predicted molar refractivity (Wildman–Crippen MR) is 91.0 cm³/mol. The fourth-order valence-electron chi connectivity index (χ4n) is 2.82. The van der Waals surface area contributed by atoms with E-state index < -0.39 is 0 Å². The Morgan fingerprint density at radius 3 is 2.87 bits per heavy atom. The maximum Gasteiger partial charge on any atom is 0.226 e. The maximum atomic E-state index is 6.13. The largest absolute Gasteiger partial charge is 0.368 e. The van der Waals surface area contributed by atoms with Gasteiger partial charge in [0.1, 0.15) is 5.82 Å². The summed E-state index contributed by atoms with van der Waals surface area (Å²) in [7, 11) is 4.07. The zero-order valence-electron chi connectivity index (χ0n) is 13.8. The van der Waals surface area contributed by atoms with E-state index in [2.05, 4.69) is 25.3 Å². The molecule has 3 heterocycles. The quantitative estimate of drug-likeness (QED) is 0.845. The van der Waals surface area contributed by atoms with Crippen LogP contribution in [0.15, 0.2) is 0 Å². The van der Waals surface area contributed by atoms with Crippen molar-refractivity contribution in [1.29, 1.82) is 0 Å². The van der Waals surface area contributed by atoms with Crippen molar-refractivity contribution >= 4 is 28.5 Å². The highest BCUT2D eigenvalue weighted by atomic mass is 35.5. The molecular weight excluding hydrogens is 316 g/mol. The minimum atomic E-state index is -0.0689. The van der Waals surface area contributed by atoms with Gasteiger partial charge >= 0.3 is 0 Å². The molecule has 0 aliphatic carbocycles. The first-order valence-electron chi connectivity index (χ1n) is 7.99. The molecule has 0 aromatic carbocycles. The molecule has 3 rings (SSSR count). The Balaban J connectivity index is 1.96. The number of aromatic nitrogens is 4. The van der Waals surface area contributed by atoms with Gasteiger partial charge in [0, 0.05) is 19.7 Å². The topological polar surface area (TPSA) is 68.1 Å². The summed E-state index contributed by atoms with van der Waals surface area (Å²) in [5, 5.41) is 9.13. The normalized spacial score (nSPS) is 18.7. The fraction of sp³-hybridized carbons (Fsp3) is 0.667. The van der Waals surface area contributed by atoms with Gasteiger partial charge in [0.05, 0.1) is 11.1 Å². The number of rotatable bonds is 5. The van der Waals surface area contributed by atoms with Crippen LogP contribution in [0.4, 0.5) is 5.82 Å². The second kappa shape index (κ2) is 6.98. The number of nitrogens with zero attached hydrogens (tertiary/aromatic N) is 5. The van der Waals surface area contributed by atoms with Crippen LogP contribution in [0.25, 0.3) is 11.0 Å². The van der Waals surface area contributed by atoms with Gasteiger partial charge in [-0.2, -0.15) is 15.1 Å². The third-order valence-electron chi connectivity index (χ3n) is 3.98. The van der Waals surface area contributed by atoms with Crippen LogP contribution in [0.5, 0.6) is 0 Å². The van der Waals surface area contributed by atoms with Crippen LogP contribution >= 0.6 is 11.6 Å². The molecule has 1 fully saturated rings. The number of ether oxygens (including phenoxy) is 1. The van der Waals surface area contributed by atoms with Crippen molar-refractivity contribution in [3.63, 3.8) is 0 Å². The summed E-state index contributed by atoms with van der Waals surface area (Å²) in [6.45, 7) is 4.41. The standard InChI is InChI=1S/C15H23ClN6O/c1-10-12-13(17-7-8-21(2)3)18-15(16)19-14(12)22(20-10)11-6-4-5-9-23-11/h11H,4-9H2,1-3H3,(H,17,18,19). The average molecular weight is 339 g/mol. The van der Waals surface area contributed by atoms with Crippen LogP contribution < -0.4 is 5.32 Å². The van der Waals surface area contributed by atoms with Crippen molar-refractivity contribution < 1.29 is 4.74 Å². The molecule has 1 atom stereocenters. The van der Waals surface area contributed by atoms with Crippen molar-refractivity contribution in [3.8, 4) is 0 Å². The maximum absolute atomic E-state index is 6.13. The first-order chi connectivity index (χ1) is 11.1. The summed E-state index contributed by atoms with van der Waals surface area (Å²) < 4.78 is 7.70. The molecule has 8 heteroatoms. The lowest BCUT2D eigenvalue weighted by atomic mass is 10.2. The highest BCUT2D eigenvalue weighted by molar-refractivity contribution is 6.28. The zero-order chi connectivity index (χ0) is 16.4. The Bertz CT molecular complexity index is 680. The molecule has 2 aromatic heterocycles. The number of hydrogen-bond acceptors (Lipinski definition) is 6. The number of halogens is 1. The Kier molecular flexibility index (Phi) is 4.99. The first kappa shape index (κ1) is 16.4. The fourth-order valence-corrected chi connectivity index (χ4v) is 2.99. The zero-order valence-corrected chi connectivity index (χ0v) is 14.6. The van der Waals surface area contributed by atoms with Crippen molar-refractivity contribution in [2.24, 2.45) is 0 Å². The molecule has 1 saturated heterocycles. The van der Waals surface area contributed by atoms with Gasteiger partial charge in [-0.25, -0.2) is 4.68 Å². The van der Waals surface area contributed by atoms with Crippen molar-refractivity contribution in [1.82, 2.24) is 24.6 Å². The number of aryl methyl sites for hydroxylation is 1. The summed E-state index contributed by atoms with van der Waals surface area (Å²) in [5.74, 6) is 0.737. The van der Waals surface area contributed by atoms with Gasteiger partial charge in [0.25, 0.3) is 0 Å². The van der Waals surface area contributed by atoms with Crippen molar-refractivity contribution in [2.75, 3.05) is 39.1 Å². The van der Waals surface area contributed by atoms with Crippen LogP contribution in [-0.2, 0) is 4.74 Å². The number of hydrogen-bond donors (Lipinski definition) is 1. The molecule has 1 aliphatic rings. The molecule has 1 unspecified atom stereocenters. The van der Waals surface area contributed by atoms with E-state index in [1.165, 1.54) is 0 Å².